The van der Waals surface area contributed by atoms with Gasteiger partial charge in [0, 0.05) is 25.2 Å². The summed E-state index contributed by atoms with van der Waals surface area (Å²) < 4.78 is 13.2. The Bertz CT molecular complexity index is 640. The van der Waals surface area contributed by atoms with Gasteiger partial charge in [-0.15, -0.1) is 0 Å². The van der Waals surface area contributed by atoms with Crippen molar-refractivity contribution in [1.29, 1.82) is 0 Å². The molecule has 0 spiro atoms. The van der Waals surface area contributed by atoms with Gasteiger partial charge in [0.15, 0.2) is 0 Å². The molecule has 5 nitrogen and oxygen atoms in total. The maximum atomic E-state index is 5.58. The summed E-state index contributed by atoms with van der Waals surface area (Å²) >= 11 is 0. The van der Waals surface area contributed by atoms with Crippen molar-refractivity contribution in [2.24, 2.45) is 0 Å². The standard InChI is InChI=1S/C17H23N3O2/c1-12-16(11-18-20(12)13-5-8-21-9-6-13)19-15-3-2-4-17-14(15)7-10-22-17/h7,10-11,13,15,19H,2-6,8-9H2,1H3. The zero-order chi connectivity index (χ0) is 14.9. The van der Waals surface area contributed by atoms with Crippen LogP contribution in [0.2, 0.25) is 0 Å². The summed E-state index contributed by atoms with van der Waals surface area (Å²) in [7, 11) is 0. The molecule has 0 radical (unpaired) electrons. The zero-order valence-electron chi connectivity index (χ0n) is 13.0. The van der Waals surface area contributed by atoms with Gasteiger partial charge in [-0.05, 0) is 38.7 Å². The second-order valence-corrected chi connectivity index (χ2v) is 6.32. The van der Waals surface area contributed by atoms with Crippen LogP contribution in [0.3, 0.4) is 0 Å². The molecule has 1 aliphatic heterocycles. The lowest BCUT2D eigenvalue weighted by Gasteiger charge is -2.25. The van der Waals surface area contributed by atoms with Gasteiger partial charge in [0.2, 0.25) is 0 Å². The molecule has 1 N–H and O–H groups in total. The predicted molar refractivity (Wildman–Crippen MR) is 84.1 cm³/mol. The van der Waals surface area contributed by atoms with Crippen molar-refractivity contribution >= 4 is 5.69 Å². The lowest BCUT2D eigenvalue weighted by atomic mass is 9.93. The van der Waals surface area contributed by atoms with E-state index in [2.05, 4.69) is 28.1 Å². The number of ether oxygens (including phenoxy) is 1. The third kappa shape index (κ3) is 2.43. The monoisotopic (exact) mass is 301 g/mol. The summed E-state index contributed by atoms with van der Waals surface area (Å²) in [6, 6.07) is 2.92. The lowest BCUT2D eigenvalue weighted by molar-refractivity contribution is 0.0657. The van der Waals surface area contributed by atoms with E-state index < -0.39 is 0 Å². The van der Waals surface area contributed by atoms with Gasteiger partial charge >= 0.3 is 0 Å². The molecule has 4 rings (SSSR count). The topological polar surface area (TPSA) is 52.2 Å². The number of fused-ring (bicyclic) bond motifs is 1. The van der Waals surface area contributed by atoms with Crippen molar-refractivity contribution < 1.29 is 9.15 Å². The van der Waals surface area contributed by atoms with E-state index in [0.29, 0.717) is 12.1 Å². The SMILES string of the molecule is Cc1c(NC2CCCc3occc32)cnn1C1CCOCC1. The number of aryl methyl sites for hydroxylation is 1. The molecule has 0 saturated carbocycles. The molecule has 2 aliphatic rings. The van der Waals surface area contributed by atoms with E-state index >= 15 is 0 Å². The second kappa shape index (κ2) is 5.80. The zero-order valence-corrected chi connectivity index (χ0v) is 13.0. The molecule has 0 amide bonds. The molecule has 1 fully saturated rings. The van der Waals surface area contributed by atoms with E-state index in [1.807, 2.05) is 12.5 Å². The van der Waals surface area contributed by atoms with Crippen LogP contribution in [-0.2, 0) is 11.2 Å². The summed E-state index contributed by atoms with van der Waals surface area (Å²) in [5, 5.41) is 8.30. The highest BCUT2D eigenvalue weighted by molar-refractivity contribution is 5.49. The number of nitrogens with one attached hydrogen (secondary N) is 1. The van der Waals surface area contributed by atoms with E-state index in [-0.39, 0.29) is 0 Å². The van der Waals surface area contributed by atoms with Gasteiger partial charge in [-0.25, -0.2) is 0 Å². The molecule has 2 aromatic rings. The number of rotatable bonds is 3. The molecule has 1 aliphatic carbocycles. The lowest BCUT2D eigenvalue weighted by Crippen LogP contribution is -2.21. The van der Waals surface area contributed by atoms with Crippen LogP contribution in [-0.4, -0.2) is 23.0 Å². The van der Waals surface area contributed by atoms with Crippen LogP contribution >= 0.6 is 0 Å². The largest absolute Gasteiger partial charge is 0.469 e. The van der Waals surface area contributed by atoms with Gasteiger partial charge in [0.25, 0.3) is 0 Å². The molecule has 1 unspecified atom stereocenters. The smallest absolute Gasteiger partial charge is 0.109 e. The van der Waals surface area contributed by atoms with Crippen LogP contribution in [0.4, 0.5) is 5.69 Å². The number of furan rings is 1. The number of hydrogen-bond donors (Lipinski definition) is 1. The fourth-order valence-electron chi connectivity index (χ4n) is 3.69. The van der Waals surface area contributed by atoms with Gasteiger partial charge in [0.1, 0.15) is 5.76 Å². The first kappa shape index (κ1) is 13.9. The average molecular weight is 301 g/mol. The Morgan fingerprint density at radius 2 is 2.14 bits per heavy atom. The first-order chi connectivity index (χ1) is 10.8. The summed E-state index contributed by atoms with van der Waals surface area (Å²) in [6.07, 6.45) is 9.26. The molecule has 5 heteroatoms. The Kier molecular flexibility index (Phi) is 3.66. The van der Waals surface area contributed by atoms with E-state index in [1.165, 1.54) is 17.7 Å². The second-order valence-electron chi connectivity index (χ2n) is 6.32. The van der Waals surface area contributed by atoms with Gasteiger partial charge in [-0.2, -0.15) is 5.10 Å². The highest BCUT2D eigenvalue weighted by atomic mass is 16.5. The van der Waals surface area contributed by atoms with Crippen molar-refractivity contribution in [3.05, 3.63) is 35.5 Å². The van der Waals surface area contributed by atoms with E-state index in [1.54, 1.807) is 0 Å². The Labute approximate surface area is 130 Å². The van der Waals surface area contributed by atoms with Gasteiger partial charge in [-0.3, -0.25) is 4.68 Å². The minimum absolute atomic E-state index is 0.341. The van der Waals surface area contributed by atoms with Crippen LogP contribution in [0.25, 0.3) is 0 Å². The van der Waals surface area contributed by atoms with Crippen LogP contribution in [0.15, 0.2) is 22.9 Å². The molecule has 0 aromatic carbocycles. The van der Waals surface area contributed by atoms with Crippen LogP contribution in [0, 0.1) is 6.92 Å². The van der Waals surface area contributed by atoms with Crippen molar-refractivity contribution in [1.82, 2.24) is 9.78 Å². The van der Waals surface area contributed by atoms with Crippen molar-refractivity contribution in [2.75, 3.05) is 18.5 Å². The van der Waals surface area contributed by atoms with Gasteiger partial charge in [0.05, 0.1) is 35.9 Å². The van der Waals surface area contributed by atoms with E-state index in [9.17, 15) is 0 Å². The van der Waals surface area contributed by atoms with Crippen molar-refractivity contribution in [2.45, 2.75) is 51.1 Å². The highest BCUT2D eigenvalue weighted by Crippen LogP contribution is 2.34. The molecule has 1 atom stereocenters. The number of aromatic nitrogens is 2. The fourth-order valence-corrected chi connectivity index (χ4v) is 3.69. The minimum Gasteiger partial charge on any atom is -0.469 e. The minimum atomic E-state index is 0.341. The third-order valence-electron chi connectivity index (χ3n) is 4.96. The Morgan fingerprint density at radius 1 is 1.27 bits per heavy atom. The first-order valence-electron chi connectivity index (χ1n) is 8.27. The van der Waals surface area contributed by atoms with Crippen LogP contribution in [0.1, 0.15) is 54.8 Å². The summed E-state index contributed by atoms with van der Waals surface area (Å²) in [5.41, 5.74) is 3.68. The van der Waals surface area contributed by atoms with E-state index in [0.717, 1.165) is 50.3 Å². The molecule has 22 heavy (non-hydrogen) atoms. The molecular weight excluding hydrogens is 278 g/mol. The molecule has 2 aromatic heterocycles. The first-order valence-corrected chi connectivity index (χ1v) is 8.27. The normalized spacial score (nSPS) is 22.5. The molecule has 118 valence electrons. The summed E-state index contributed by atoms with van der Waals surface area (Å²) in [6.45, 7) is 3.84. The fraction of sp³-hybridized carbons (Fsp3) is 0.588. The van der Waals surface area contributed by atoms with Crippen molar-refractivity contribution in [3.63, 3.8) is 0 Å². The predicted octanol–water partition coefficient (Wildman–Crippen LogP) is 3.63. The molecule has 0 bridgehead atoms. The number of hydrogen-bond acceptors (Lipinski definition) is 4. The van der Waals surface area contributed by atoms with E-state index in [4.69, 9.17) is 9.15 Å². The third-order valence-corrected chi connectivity index (χ3v) is 4.96. The average Bonchev–Trinajstić information content (AvgIpc) is 3.16. The molecule has 3 heterocycles. The maximum Gasteiger partial charge on any atom is 0.109 e. The maximum absolute atomic E-state index is 5.58. The Morgan fingerprint density at radius 3 is 3.00 bits per heavy atom. The van der Waals surface area contributed by atoms with Crippen LogP contribution in [0.5, 0.6) is 0 Å². The van der Waals surface area contributed by atoms with Crippen molar-refractivity contribution in [3.8, 4) is 0 Å². The Hall–Kier alpha value is -1.75. The summed E-state index contributed by atoms with van der Waals surface area (Å²) in [5.74, 6) is 1.14. The number of anilines is 1. The molecule has 1 saturated heterocycles. The van der Waals surface area contributed by atoms with Gasteiger partial charge < -0.3 is 14.5 Å². The molecular formula is C17H23N3O2. The van der Waals surface area contributed by atoms with Gasteiger partial charge in [-0.1, -0.05) is 0 Å². The Balaban J connectivity index is 1.54. The summed E-state index contributed by atoms with van der Waals surface area (Å²) in [4.78, 5) is 0. The highest BCUT2D eigenvalue weighted by Gasteiger charge is 2.25. The van der Waals surface area contributed by atoms with Crippen LogP contribution < -0.4 is 5.32 Å². The number of nitrogens with zero attached hydrogens (tertiary/aromatic N) is 2. The quantitative estimate of drug-likeness (QED) is 0.940.